The molecule has 0 aliphatic carbocycles. The molecule has 5 rings (SSSR count). The number of aromatic nitrogens is 3. The van der Waals surface area contributed by atoms with Crippen LogP contribution in [0.25, 0.3) is 5.13 Å². The van der Waals surface area contributed by atoms with Crippen molar-refractivity contribution in [1.29, 1.82) is 0 Å². The summed E-state index contributed by atoms with van der Waals surface area (Å²) in [6.45, 7) is 7.38. The molecule has 6 nitrogen and oxygen atoms in total. The van der Waals surface area contributed by atoms with Crippen molar-refractivity contribution in [3.05, 3.63) is 92.7 Å². The fourth-order valence-electron chi connectivity index (χ4n) is 4.55. The molecule has 1 aliphatic heterocycles. The highest BCUT2D eigenvalue weighted by Crippen LogP contribution is 2.29. The van der Waals surface area contributed by atoms with Crippen molar-refractivity contribution in [2.75, 3.05) is 13.7 Å². The van der Waals surface area contributed by atoms with Gasteiger partial charge in [-0.15, -0.1) is 12.4 Å². The number of carbonyl (C=O) groups excluding carboxylic acids is 1. The summed E-state index contributed by atoms with van der Waals surface area (Å²) in [5.74, 6) is 0.899. The van der Waals surface area contributed by atoms with Crippen molar-refractivity contribution in [3.8, 4) is 10.9 Å². The van der Waals surface area contributed by atoms with Crippen LogP contribution in [-0.2, 0) is 19.4 Å². The van der Waals surface area contributed by atoms with Gasteiger partial charge in [0.1, 0.15) is 10.6 Å². The molecular formula is C27H29ClN4O2S. The Morgan fingerprint density at radius 2 is 1.74 bits per heavy atom. The highest BCUT2D eigenvalue weighted by Gasteiger charge is 2.26. The molecule has 0 radical (unpaired) electrons. The van der Waals surface area contributed by atoms with Crippen LogP contribution < -0.4 is 4.74 Å². The van der Waals surface area contributed by atoms with Gasteiger partial charge in [-0.05, 0) is 56.0 Å². The molecule has 4 aromatic rings. The second-order valence-electron chi connectivity index (χ2n) is 8.74. The lowest BCUT2D eigenvalue weighted by atomic mass is 10.00. The first-order valence-corrected chi connectivity index (χ1v) is 12.3. The average molecular weight is 509 g/mol. The molecule has 0 bridgehead atoms. The van der Waals surface area contributed by atoms with Gasteiger partial charge < -0.3 is 9.64 Å². The average Bonchev–Trinajstić information content (AvgIpc) is 3.38. The molecule has 0 spiro atoms. The Kier molecular flexibility index (Phi) is 7.28. The minimum atomic E-state index is 0. The number of ether oxygens (including phenoxy) is 1. The quantitative estimate of drug-likeness (QED) is 0.358. The number of aryl methyl sites for hydroxylation is 2. The summed E-state index contributed by atoms with van der Waals surface area (Å²) in [4.78, 5) is 20.7. The maximum absolute atomic E-state index is 13.4. The Balaban J connectivity index is 0.00000289. The molecule has 35 heavy (non-hydrogen) atoms. The highest BCUT2D eigenvalue weighted by molar-refractivity contribution is 7.16. The van der Waals surface area contributed by atoms with Gasteiger partial charge in [-0.25, -0.2) is 9.67 Å². The number of fused-ring (bicyclic) bond motifs is 1. The van der Waals surface area contributed by atoms with Gasteiger partial charge in [0.05, 0.1) is 18.5 Å². The van der Waals surface area contributed by atoms with Crippen LogP contribution in [-0.4, -0.2) is 39.2 Å². The van der Waals surface area contributed by atoms with E-state index < -0.39 is 0 Å². The van der Waals surface area contributed by atoms with E-state index in [2.05, 4.69) is 37.3 Å². The van der Waals surface area contributed by atoms with Crippen LogP contribution in [0.5, 0.6) is 5.75 Å². The van der Waals surface area contributed by atoms with Crippen molar-refractivity contribution in [2.45, 2.75) is 40.2 Å². The molecule has 3 heterocycles. The number of rotatable bonds is 5. The van der Waals surface area contributed by atoms with E-state index in [9.17, 15) is 4.79 Å². The van der Waals surface area contributed by atoms with Crippen LogP contribution in [0.2, 0.25) is 0 Å². The van der Waals surface area contributed by atoms with Crippen molar-refractivity contribution >= 4 is 29.7 Å². The monoisotopic (exact) mass is 508 g/mol. The Morgan fingerprint density at radius 1 is 1.03 bits per heavy atom. The van der Waals surface area contributed by atoms with Crippen molar-refractivity contribution in [1.82, 2.24) is 19.7 Å². The van der Waals surface area contributed by atoms with Crippen LogP contribution >= 0.6 is 23.7 Å². The Labute approximate surface area is 216 Å². The lowest BCUT2D eigenvalue weighted by molar-refractivity contribution is 0.0738. The largest absolute Gasteiger partial charge is 0.497 e. The Morgan fingerprint density at radius 3 is 2.46 bits per heavy atom. The second-order valence-corrected chi connectivity index (χ2v) is 9.72. The van der Waals surface area contributed by atoms with E-state index >= 15 is 0 Å². The zero-order valence-corrected chi connectivity index (χ0v) is 22.0. The van der Waals surface area contributed by atoms with Crippen molar-refractivity contribution < 1.29 is 9.53 Å². The molecule has 2 aromatic carbocycles. The minimum absolute atomic E-state index is 0. The Hall–Kier alpha value is -3.16. The summed E-state index contributed by atoms with van der Waals surface area (Å²) in [6, 6.07) is 16.5. The van der Waals surface area contributed by atoms with E-state index in [1.807, 2.05) is 41.6 Å². The van der Waals surface area contributed by atoms with Gasteiger partial charge in [-0.3, -0.25) is 4.79 Å². The number of carbonyl (C=O) groups is 1. The number of thiazole rings is 1. The Bertz CT molecular complexity index is 1360. The second kappa shape index (κ2) is 10.2. The molecule has 0 fully saturated rings. The number of benzene rings is 2. The van der Waals surface area contributed by atoms with Crippen LogP contribution in [0.3, 0.4) is 0 Å². The van der Waals surface area contributed by atoms with Gasteiger partial charge in [0.15, 0.2) is 0 Å². The number of methoxy groups -OCH3 is 1. The van der Waals surface area contributed by atoms with Gasteiger partial charge in [-0.2, -0.15) is 5.10 Å². The smallest absolute Gasteiger partial charge is 0.266 e. The maximum atomic E-state index is 13.4. The number of nitrogens with zero attached hydrogens (tertiary/aromatic N) is 4. The first-order valence-electron chi connectivity index (χ1n) is 11.5. The number of amides is 1. The van der Waals surface area contributed by atoms with Gasteiger partial charge in [0.25, 0.3) is 5.91 Å². The first-order chi connectivity index (χ1) is 16.4. The van der Waals surface area contributed by atoms with Crippen LogP contribution in [0.15, 0.2) is 48.5 Å². The minimum Gasteiger partial charge on any atom is -0.497 e. The van der Waals surface area contributed by atoms with Crippen LogP contribution in [0.4, 0.5) is 0 Å². The zero-order valence-electron chi connectivity index (χ0n) is 20.4. The molecule has 1 aliphatic rings. The normalized spacial score (nSPS) is 12.7. The topological polar surface area (TPSA) is 60.2 Å². The summed E-state index contributed by atoms with van der Waals surface area (Å²) >= 11 is 1.42. The third-order valence-corrected chi connectivity index (χ3v) is 7.68. The fourth-order valence-corrected chi connectivity index (χ4v) is 5.59. The van der Waals surface area contributed by atoms with Crippen LogP contribution in [0, 0.1) is 20.8 Å². The summed E-state index contributed by atoms with van der Waals surface area (Å²) in [6.07, 6.45) is 1.67. The summed E-state index contributed by atoms with van der Waals surface area (Å²) in [5, 5.41) is 5.52. The van der Waals surface area contributed by atoms with E-state index in [0.717, 1.165) is 47.3 Å². The SMILES string of the molecule is COc1ccc(Cc2c(C)nn(-c3nc(C)c(C(=O)N4CCc5ccccc5C4)s3)c2C)cc1.Cl. The maximum Gasteiger partial charge on any atom is 0.266 e. The third-order valence-electron chi connectivity index (χ3n) is 6.56. The van der Waals surface area contributed by atoms with Gasteiger partial charge in [0, 0.05) is 30.8 Å². The van der Waals surface area contributed by atoms with Crippen molar-refractivity contribution in [2.24, 2.45) is 0 Å². The molecular weight excluding hydrogens is 480 g/mol. The van der Waals surface area contributed by atoms with Gasteiger partial charge >= 0.3 is 0 Å². The van der Waals surface area contributed by atoms with E-state index in [1.54, 1.807) is 7.11 Å². The molecule has 0 N–H and O–H groups in total. The zero-order chi connectivity index (χ0) is 23.8. The van der Waals surface area contributed by atoms with E-state index in [-0.39, 0.29) is 18.3 Å². The molecule has 0 saturated carbocycles. The van der Waals surface area contributed by atoms with E-state index in [0.29, 0.717) is 11.4 Å². The lowest BCUT2D eigenvalue weighted by Gasteiger charge is -2.28. The first kappa shape index (κ1) is 24.9. The van der Waals surface area contributed by atoms with Crippen LogP contribution in [0.1, 0.15) is 49.0 Å². The third kappa shape index (κ3) is 4.83. The lowest BCUT2D eigenvalue weighted by Crippen LogP contribution is -2.35. The van der Waals surface area contributed by atoms with Gasteiger partial charge in [-0.1, -0.05) is 47.7 Å². The van der Waals surface area contributed by atoms with Gasteiger partial charge in [0.2, 0.25) is 5.13 Å². The standard InChI is InChI=1S/C27H28N4O2S.ClH/c1-17-24(15-20-9-11-23(33-4)12-10-20)19(3)31(29-17)27-28-18(2)25(34-27)26(32)30-14-13-21-7-5-6-8-22(21)16-30;/h5-12H,13-16H2,1-4H3;1H. The van der Waals surface area contributed by atoms with E-state index in [4.69, 9.17) is 14.8 Å². The number of halogens is 1. The molecule has 8 heteroatoms. The molecule has 0 atom stereocenters. The summed E-state index contributed by atoms with van der Waals surface area (Å²) < 4.78 is 7.15. The number of hydrogen-bond acceptors (Lipinski definition) is 5. The molecule has 2 aromatic heterocycles. The molecule has 0 saturated heterocycles. The highest BCUT2D eigenvalue weighted by atomic mass is 35.5. The number of hydrogen-bond donors (Lipinski definition) is 0. The molecule has 1 amide bonds. The predicted molar refractivity (Wildman–Crippen MR) is 141 cm³/mol. The predicted octanol–water partition coefficient (Wildman–Crippen LogP) is 5.47. The summed E-state index contributed by atoms with van der Waals surface area (Å²) in [7, 11) is 1.67. The van der Waals surface area contributed by atoms with E-state index in [1.165, 1.54) is 33.6 Å². The fraction of sp³-hybridized carbons (Fsp3) is 0.296. The molecule has 182 valence electrons. The summed E-state index contributed by atoms with van der Waals surface area (Å²) in [5.41, 5.74) is 7.72. The van der Waals surface area contributed by atoms with Crippen molar-refractivity contribution in [3.63, 3.8) is 0 Å². The molecule has 0 unspecified atom stereocenters.